The normalized spacial score (nSPS) is 20.9. The van der Waals surface area contributed by atoms with Crippen molar-refractivity contribution in [2.24, 2.45) is 5.92 Å². The van der Waals surface area contributed by atoms with Crippen molar-refractivity contribution in [1.29, 1.82) is 0 Å². The van der Waals surface area contributed by atoms with Crippen molar-refractivity contribution in [2.45, 2.75) is 91.9 Å². The van der Waals surface area contributed by atoms with E-state index in [1.807, 2.05) is 41.5 Å². The average molecular weight is 524 g/mol. The summed E-state index contributed by atoms with van der Waals surface area (Å²) in [6, 6.07) is 1.16. The first-order valence-electron chi connectivity index (χ1n) is 13.0. The summed E-state index contributed by atoms with van der Waals surface area (Å²) in [6.07, 6.45) is 1.29. The molecule has 1 N–H and O–H groups in total. The van der Waals surface area contributed by atoms with Crippen molar-refractivity contribution in [3.05, 3.63) is 0 Å². The van der Waals surface area contributed by atoms with Gasteiger partial charge in [-0.3, -0.25) is 9.69 Å². The van der Waals surface area contributed by atoms with Gasteiger partial charge in [-0.05, 0) is 74.8 Å². The van der Waals surface area contributed by atoms with Gasteiger partial charge in [0.2, 0.25) is 0 Å². The van der Waals surface area contributed by atoms with Crippen LogP contribution >= 0.6 is 0 Å². The van der Waals surface area contributed by atoms with Crippen LogP contribution < -0.4 is 0 Å². The highest BCUT2D eigenvalue weighted by molar-refractivity contribution is 6.61. The fourth-order valence-corrected chi connectivity index (χ4v) is 10.2. The maximum absolute atomic E-state index is 12.3. The maximum Gasteiger partial charge on any atom is 0.500 e. The van der Waals surface area contributed by atoms with E-state index in [1.54, 1.807) is 0 Å². The van der Waals surface area contributed by atoms with E-state index in [1.165, 1.54) is 0 Å². The van der Waals surface area contributed by atoms with Crippen LogP contribution in [0.3, 0.4) is 0 Å². The lowest BCUT2D eigenvalue weighted by Crippen LogP contribution is -2.47. The fourth-order valence-electron chi connectivity index (χ4n) is 4.95. The third kappa shape index (κ3) is 8.63. The molecule has 0 aromatic carbocycles. The second-order valence-corrected chi connectivity index (χ2v) is 14.3. The number of carboxylic acids is 1. The lowest BCUT2D eigenvalue weighted by molar-refractivity contribution is -0.142. The molecule has 1 fully saturated rings. The first kappa shape index (κ1) is 31.7. The van der Waals surface area contributed by atoms with Gasteiger partial charge in [-0.2, -0.15) is 0 Å². The Morgan fingerprint density at radius 2 is 1.18 bits per heavy atom. The lowest BCUT2D eigenvalue weighted by Gasteiger charge is -2.29. The van der Waals surface area contributed by atoms with E-state index in [2.05, 4.69) is 18.7 Å². The smallest absolute Gasteiger partial charge is 0.481 e. The van der Waals surface area contributed by atoms with Crippen molar-refractivity contribution < 1.29 is 36.5 Å². The minimum Gasteiger partial charge on any atom is -0.481 e. The van der Waals surface area contributed by atoms with E-state index in [0.29, 0.717) is 58.2 Å². The van der Waals surface area contributed by atoms with Gasteiger partial charge in [-0.25, -0.2) is 0 Å². The molecule has 11 heteroatoms. The van der Waals surface area contributed by atoms with Crippen LogP contribution in [0, 0.1) is 5.92 Å². The number of aliphatic carboxylic acids is 1. The molecule has 34 heavy (non-hydrogen) atoms. The molecule has 3 atom stereocenters. The van der Waals surface area contributed by atoms with Gasteiger partial charge >= 0.3 is 23.6 Å². The second-order valence-electron chi connectivity index (χ2n) is 8.84. The van der Waals surface area contributed by atoms with Gasteiger partial charge in [-0.15, -0.1) is 0 Å². The Morgan fingerprint density at radius 3 is 1.53 bits per heavy atom. The van der Waals surface area contributed by atoms with E-state index in [4.69, 9.17) is 26.6 Å². The van der Waals surface area contributed by atoms with Gasteiger partial charge in [0, 0.05) is 63.3 Å². The summed E-state index contributed by atoms with van der Waals surface area (Å²) >= 11 is 0. The quantitative estimate of drug-likeness (QED) is 0.177. The van der Waals surface area contributed by atoms with Crippen molar-refractivity contribution >= 4 is 23.6 Å². The molecule has 1 aliphatic heterocycles. The van der Waals surface area contributed by atoms with Crippen molar-refractivity contribution in [2.75, 3.05) is 46.2 Å². The molecule has 0 saturated carbocycles. The summed E-state index contributed by atoms with van der Waals surface area (Å²) in [5, 5.41) is 10.1. The molecule has 0 amide bonds. The summed E-state index contributed by atoms with van der Waals surface area (Å²) in [4.78, 5) is 14.6. The molecular weight excluding hydrogens is 474 g/mol. The van der Waals surface area contributed by atoms with Crippen LogP contribution in [0.1, 0.15) is 68.2 Å². The molecule has 0 radical (unpaired) electrons. The largest absolute Gasteiger partial charge is 0.500 e. The summed E-state index contributed by atoms with van der Waals surface area (Å²) in [5.74, 6) is -1.30. The van der Waals surface area contributed by atoms with Crippen molar-refractivity contribution in [3.63, 3.8) is 0 Å². The van der Waals surface area contributed by atoms with Crippen LogP contribution in [0.5, 0.6) is 0 Å². The van der Waals surface area contributed by atoms with Crippen LogP contribution in [-0.4, -0.2) is 91.4 Å². The van der Waals surface area contributed by atoms with Gasteiger partial charge < -0.3 is 31.7 Å². The summed E-state index contributed by atoms with van der Waals surface area (Å²) in [7, 11) is -5.60. The van der Waals surface area contributed by atoms with Crippen LogP contribution in [0.25, 0.3) is 0 Å². The number of nitrogens with zero attached hydrogens (tertiary/aromatic N) is 1. The van der Waals surface area contributed by atoms with Crippen LogP contribution in [0.15, 0.2) is 0 Å². The van der Waals surface area contributed by atoms with Crippen molar-refractivity contribution in [1.82, 2.24) is 4.90 Å². The highest BCUT2D eigenvalue weighted by atomic mass is 28.4. The predicted octanol–water partition coefficient (Wildman–Crippen LogP) is 4.03. The minimum absolute atomic E-state index is 0.0519. The number of hydrogen-bond donors (Lipinski definition) is 1. The lowest BCUT2D eigenvalue weighted by atomic mass is 9.95. The van der Waals surface area contributed by atoms with E-state index in [9.17, 15) is 9.90 Å². The fraction of sp³-hybridized carbons (Fsp3) is 0.957. The highest BCUT2D eigenvalue weighted by Crippen LogP contribution is 2.47. The first-order chi connectivity index (χ1) is 16.1. The average Bonchev–Trinajstić information content (AvgIpc) is 3.29. The zero-order chi connectivity index (χ0) is 25.8. The standard InChI is InChI=1S/C23H49NO8Si2/c1-9-27-33(28-10-2,29-11-3)18-15-17-24-21(23(24,7)8)20(22(25)26)16-19-34(30-12-4,31-13-5)32-14-6/h20-21H,9-19H2,1-8H3,(H,25,26). The zero-order valence-corrected chi connectivity index (χ0v) is 24.7. The monoisotopic (exact) mass is 523 g/mol. The topological polar surface area (TPSA) is 95.7 Å². The first-order valence-corrected chi connectivity index (χ1v) is 16.8. The Balaban J connectivity index is 2.86. The van der Waals surface area contributed by atoms with E-state index in [-0.39, 0.29) is 11.6 Å². The molecule has 1 rings (SSSR count). The van der Waals surface area contributed by atoms with Gasteiger partial charge in [0.15, 0.2) is 0 Å². The SMILES string of the molecule is CCO[Si](CCCN1C(C(CC[Si](OCC)(OCC)OCC)C(=O)O)C1(C)C)(OCC)OCC. The predicted molar refractivity (Wildman–Crippen MR) is 136 cm³/mol. The van der Waals surface area contributed by atoms with Gasteiger partial charge in [-0.1, -0.05) is 0 Å². The molecule has 0 aliphatic carbocycles. The molecule has 0 bridgehead atoms. The van der Waals surface area contributed by atoms with Gasteiger partial charge in [0.1, 0.15) is 0 Å². The Kier molecular flexibility index (Phi) is 14.0. The highest BCUT2D eigenvalue weighted by Gasteiger charge is 2.60. The van der Waals surface area contributed by atoms with E-state index >= 15 is 0 Å². The van der Waals surface area contributed by atoms with Gasteiger partial charge in [0.05, 0.1) is 5.92 Å². The third-order valence-corrected chi connectivity index (χ3v) is 12.5. The molecule has 1 heterocycles. The molecule has 3 unspecified atom stereocenters. The number of carbonyl (C=O) groups is 1. The number of rotatable bonds is 21. The molecule has 1 aliphatic rings. The molecule has 202 valence electrons. The van der Waals surface area contributed by atoms with Gasteiger partial charge in [0.25, 0.3) is 0 Å². The van der Waals surface area contributed by atoms with Crippen molar-refractivity contribution in [3.8, 4) is 0 Å². The molecule has 1 saturated heterocycles. The number of hydrogen-bond acceptors (Lipinski definition) is 8. The molecule has 0 aromatic heterocycles. The minimum atomic E-state index is -2.89. The third-order valence-electron chi connectivity index (χ3n) is 6.26. The Hall–Kier alpha value is -0.376. The zero-order valence-electron chi connectivity index (χ0n) is 22.7. The van der Waals surface area contributed by atoms with Crippen LogP contribution in [0.4, 0.5) is 0 Å². The molecular formula is C23H49NO8Si2. The van der Waals surface area contributed by atoms with Crippen LogP contribution in [-0.2, 0) is 31.4 Å². The number of carboxylic acid groups (broad SMARTS) is 1. The van der Waals surface area contributed by atoms with E-state index in [0.717, 1.165) is 13.0 Å². The second kappa shape index (κ2) is 15.0. The maximum atomic E-state index is 12.3. The molecule has 9 nitrogen and oxygen atoms in total. The summed E-state index contributed by atoms with van der Waals surface area (Å²) in [5.41, 5.74) is -0.191. The molecule has 0 spiro atoms. The summed E-state index contributed by atoms with van der Waals surface area (Å²) < 4.78 is 35.7. The Bertz CT molecular complexity index is 561. The Labute approximate surface area is 209 Å². The van der Waals surface area contributed by atoms with Crippen LogP contribution in [0.2, 0.25) is 12.1 Å². The summed E-state index contributed by atoms with van der Waals surface area (Å²) in [6.45, 7) is 19.7. The Morgan fingerprint density at radius 1 is 0.794 bits per heavy atom. The van der Waals surface area contributed by atoms with E-state index < -0.39 is 29.5 Å². The molecule has 0 aromatic rings.